The number of aromatic nitrogens is 3. The van der Waals surface area contributed by atoms with Crippen molar-refractivity contribution in [2.75, 3.05) is 5.32 Å². The normalized spacial score (nSPS) is 10.9. The molecule has 0 spiro atoms. The number of nitrogens with one attached hydrogen (secondary N) is 1. The maximum Gasteiger partial charge on any atom is 0.257 e. The van der Waals surface area contributed by atoms with Gasteiger partial charge in [0.15, 0.2) is 0 Å². The second kappa shape index (κ2) is 6.85. The minimum Gasteiger partial charge on any atom is -0.307 e. The van der Waals surface area contributed by atoms with E-state index in [0.717, 1.165) is 27.9 Å². The van der Waals surface area contributed by atoms with Gasteiger partial charge in [0.05, 0.1) is 22.5 Å². The molecule has 1 N–H and O–H groups in total. The summed E-state index contributed by atoms with van der Waals surface area (Å²) in [6.07, 6.45) is 0. The summed E-state index contributed by atoms with van der Waals surface area (Å²) < 4.78 is 1.65. The summed E-state index contributed by atoms with van der Waals surface area (Å²) in [7, 11) is 1.80. The first-order valence-corrected chi connectivity index (χ1v) is 8.87. The Morgan fingerprint density at radius 1 is 1.07 bits per heavy atom. The second-order valence-corrected chi connectivity index (χ2v) is 6.76. The SMILES string of the molecule is Cc1cc(NC(=O)c2cc(-c3ccc(Cl)cc3)nc3ccccc23)n(C)n1. The van der Waals surface area contributed by atoms with Crippen LogP contribution >= 0.6 is 11.6 Å². The summed E-state index contributed by atoms with van der Waals surface area (Å²) in [5.74, 6) is 0.443. The number of benzene rings is 2. The first-order chi connectivity index (χ1) is 13.0. The quantitative estimate of drug-likeness (QED) is 0.556. The van der Waals surface area contributed by atoms with Crippen molar-refractivity contribution in [2.45, 2.75) is 6.92 Å². The summed E-state index contributed by atoms with van der Waals surface area (Å²) in [6, 6.07) is 18.7. The minimum atomic E-state index is -0.202. The molecule has 1 amide bonds. The zero-order valence-corrected chi connectivity index (χ0v) is 15.7. The Labute approximate surface area is 161 Å². The molecule has 0 aliphatic carbocycles. The van der Waals surface area contributed by atoms with Gasteiger partial charge < -0.3 is 5.32 Å². The molecule has 0 saturated carbocycles. The maximum absolute atomic E-state index is 13.0. The van der Waals surface area contributed by atoms with Crippen molar-refractivity contribution in [1.82, 2.24) is 14.8 Å². The molecular weight excluding hydrogens is 360 g/mol. The number of rotatable bonds is 3. The lowest BCUT2D eigenvalue weighted by Gasteiger charge is -2.11. The van der Waals surface area contributed by atoms with Crippen molar-refractivity contribution in [3.8, 4) is 11.3 Å². The lowest BCUT2D eigenvalue weighted by Crippen LogP contribution is -2.15. The zero-order chi connectivity index (χ0) is 19.0. The number of anilines is 1. The van der Waals surface area contributed by atoms with Crippen molar-refractivity contribution in [2.24, 2.45) is 7.05 Å². The molecule has 0 aliphatic heterocycles. The fourth-order valence-electron chi connectivity index (χ4n) is 3.04. The molecule has 27 heavy (non-hydrogen) atoms. The number of nitrogens with zero attached hydrogens (tertiary/aromatic N) is 3. The molecule has 4 aromatic rings. The van der Waals surface area contributed by atoms with Gasteiger partial charge in [-0.25, -0.2) is 4.98 Å². The van der Waals surface area contributed by atoms with Crippen LogP contribution in [-0.2, 0) is 7.05 Å². The van der Waals surface area contributed by atoms with E-state index in [0.29, 0.717) is 16.4 Å². The van der Waals surface area contributed by atoms with Gasteiger partial charge in [-0.05, 0) is 31.2 Å². The molecule has 6 heteroatoms. The van der Waals surface area contributed by atoms with E-state index in [4.69, 9.17) is 16.6 Å². The Kier molecular flexibility index (Phi) is 4.38. The Morgan fingerprint density at radius 2 is 1.81 bits per heavy atom. The van der Waals surface area contributed by atoms with Crippen LogP contribution in [0.5, 0.6) is 0 Å². The number of aryl methyl sites for hydroxylation is 2. The largest absolute Gasteiger partial charge is 0.307 e. The lowest BCUT2D eigenvalue weighted by molar-refractivity contribution is 0.102. The van der Waals surface area contributed by atoms with E-state index in [-0.39, 0.29) is 5.91 Å². The minimum absolute atomic E-state index is 0.202. The fraction of sp³-hybridized carbons (Fsp3) is 0.0952. The van der Waals surface area contributed by atoms with Gasteiger partial charge in [0.25, 0.3) is 5.91 Å². The van der Waals surface area contributed by atoms with Gasteiger partial charge in [0.1, 0.15) is 5.82 Å². The van der Waals surface area contributed by atoms with E-state index in [2.05, 4.69) is 10.4 Å². The molecule has 0 fully saturated rings. The van der Waals surface area contributed by atoms with Gasteiger partial charge in [-0.1, -0.05) is 41.9 Å². The third-order valence-electron chi connectivity index (χ3n) is 4.34. The standard InChI is InChI=1S/C21H17ClN4O/c1-13-11-20(26(2)25-13)24-21(27)17-12-19(14-7-9-15(22)10-8-14)23-18-6-4-3-5-16(17)18/h3-12H,1-2H3,(H,24,27). The Bertz CT molecular complexity index is 1150. The van der Waals surface area contributed by atoms with E-state index in [1.165, 1.54) is 0 Å². The summed E-state index contributed by atoms with van der Waals surface area (Å²) in [5, 5.41) is 8.66. The Balaban J connectivity index is 1.81. The fourth-order valence-corrected chi connectivity index (χ4v) is 3.17. The first-order valence-electron chi connectivity index (χ1n) is 8.49. The topological polar surface area (TPSA) is 59.8 Å². The van der Waals surface area contributed by atoms with Crippen LogP contribution in [0.2, 0.25) is 5.02 Å². The predicted octanol–water partition coefficient (Wildman–Crippen LogP) is 4.85. The molecule has 0 atom stereocenters. The van der Waals surface area contributed by atoms with Crippen molar-refractivity contribution >= 4 is 34.2 Å². The van der Waals surface area contributed by atoms with Gasteiger partial charge >= 0.3 is 0 Å². The van der Waals surface area contributed by atoms with E-state index in [1.807, 2.05) is 67.6 Å². The van der Waals surface area contributed by atoms with E-state index in [9.17, 15) is 4.79 Å². The molecular formula is C21H17ClN4O. The molecule has 5 nitrogen and oxygen atoms in total. The summed E-state index contributed by atoms with van der Waals surface area (Å²) in [5.41, 5.74) is 3.78. The number of hydrogen-bond donors (Lipinski definition) is 1. The number of para-hydroxylation sites is 1. The van der Waals surface area contributed by atoms with E-state index < -0.39 is 0 Å². The highest BCUT2D eigenvalue weighted by molar-refractivity contribution is 6.30. The molecule has 0 radical (unpaired) electrons. The van der Waals surface area contributed by atoms with Crippen molar-refractivity contribution in [3.05, 3.63) is 76.9 Å². The van der Waals surface area contributed by atoms with Crippen LogP contribution in [0.3, 0.4) is 0 Å². The molecule has 134 valence electrons. The third kappa shape index (κ3) is 3.41. The molecule has 2 heterocycles. The van der Waals surface area contributed by atoms with Gasteiger partial charge in [-0.3, -0.25) is 9.48 Å². The molecule has 2 aromatic carbocycles. The highest BCUT2D eigenvalue weighted by Crippen LogP contribution is 2.26. The maximum atomic E-state index is 13.0. The monoisotopic (exact) mass is 376 g/mol. The van der Waals surface area contributed by atoms with Gasteiger partial charge in [0.2, 0.25) is 0 Å². The number of carbonyl (C=O) groups is 1. The second-order valence-electron chi connectivity index (χ2n) is 6.33. The molecule has 0 aliphatic rings. The number of pyridine rings is 1. The van der Waals surface area contributed by atoms with Crippen LogP contribution in [0, 0.1) is 6.92 Å². The average Bonchev–Trinajstić information content (AvgIpc) is 2.98. The average molecular weight is 377 g/mol. The van der Waals surface area contributed by atoms with Crippen LogP contribution in [0.15, 0.2) is 60.7 Å². The van der Waals surface area contributed by atoms with Crippen LogP contribution in [0.25, 0.3) is 22.2 Å². The molecule has 0 unspecified atom stereocenters. The van der Waals surface area contributed by atoms with Crippen molar-refractivity contribution in [1.29, 1.82) is 0 Å². The highest BCUT2D eigenvalue weighted by Gasteiger charge is 2.15. The summed E-state index contributed by atoms with van der Waals surface area (Å²) in [4.78, 5) is 17.7. The summed E-state index contributed by atoms with van der Waals surface area (Å²) >= 11 is 5.99. The number of carbonyl (C=O) groups excluding carboxylic acids is 1. The smallest absolute Gasteiger partial charge is 0.257 e. The number of fused-ring (bicyclic) bond motifs is 1. The number of halogens is 1. The number of amides is 1. The highest BCUT2D eigenvalue weighted by atomic mass is 35.5. The van der Waals surface area contributed by atoms with Gasteiger partial charge in [0, 0.05) is 29.1 Å². The van der Waals surface area contributed by atoms with Crippen LogP contribution in [0.1, 0.15) is 16.1 Å². The van der Waals surface area contributed by atoms with Gasteiger partial charge in [-0.15, -0.1) is 0 Å². The van der Waals surface area contributed by atoms with E-state index in [1.54, 1.807) is 11.7 Å². The Hall–Kier alpha value is -3.18. The molecule has 0 bridgehead atoms. The van der Waals surface area contributed by atoms with Crippen LogP contribution < -0.4 is 5.32 Å². The van der Waals surface area contributed by atoms with Crippen molar-refractivity contribution < 1.29 is 4.79 Å². The van der Waals surface area contributed by atoms with Crippen LogP contribution in [0.4, 0.5) is 5.82 Å². The van der Waals surface area contributed by atoms with Crippen molar-refractivity contribution in [3.63, 3.8) is 0 Å². The zero-order valence-electron chi connectivity index (χ0n) is 14.9. The Morgan fingerprint density at radius 3 is 2.52 bits per heavy atom. The molecule has 4 rings (SSSR count). The number of hydrogen-bond acceptors (Lipinski definition) is 3. The van der Waals surface area contributed by atoms with E-state index >= 15 is 0 Å². The predicted molar refractivity (Wildman–Crippen MR) is 108 cm³/mol. The molecule has 2 aromatic heterocycles. The third-order valence-corrected chi connectivity index (χ3v) is 4.60. The lowest BCUT2D eigenvalue weighted by atomic mass is 10.0. The first kappa shape index (κ1) is 17.2. The van der Waals surface area contributed by atoms with Crippen LogP contribution in [-0.4, -0.2) is 20.7 Å². The molecule has 0 saturated heterocycles. The van der Waals surface area contributed by atoms with Gasteiger partial charge in [-0.2, -0.15) is 5.10 Å². The summed E-state index contributed by atoms with van der Waals surface area (Å²) in [6.45, 7) is 1.89.